The van der Waals surface area contributed by atoms with Crippen LogP contribution in [0.15, 0.2) is 6.07 Å². The predicted octanol–water partition coefficient (Wildman–Crippen LogP) is 3.06. The predicted molar refractivity (Wildman–Crippen MR) is 80.4 cm³/mol. The molecule has 18 heavy (non-hydrogen) atoms. The van der Waals surface area contributed by atoms with Crippen molar-refractivity contribution in [3.8, 4) is 0 Å². The third-order valence-electron chi connectivity index (χ3n) is 3.80. The van der Waals surface area contributed by atoms with E-state index in [0.29, 0.717) is 6.04 Å². The molecule has 102 valence electrons. The molecule has 2 nitrogen and oxygen atoms in total. The number of hydrogen-bond donors (Lipinski definition) is 1. The standard InChI is InChI=1S/C15H26N2S/c1-4-17(3)11-12(2)16-10-14-9-13-7-5-6-8-15(13)18-14/h9,12,16H,4-8,10-11H2,1-3H3. The monoisotopic (exact) mass is 266 g/mol. The summed E-state index contributed by atoms with van der Waals surface area (Å²) in [7, 11) is 2.18. The summed E-state index contributed by atoms with van der Waals surface area (Å²) in [6.45, 7) is 7.77. The maximum atomic E-state index is 3.64. The fourth-order valence-electron chi connectivity index (χ4n) is 2.58. The fourth-order valence-corrected chi connectivity index (χ4v) is 3.79. The number of nitrogens with one attached hydrogen (secondary N) is 1. The van der Waals surface area contributed by atoms with Crippen LogP contribution in [-0.2, 0) is 19.4 Å². The lowest BCUT2D eigenvalue weighted by atomic mass is 9.99. The maximum absolute atomic E-state index is 3.64. The third-order valence-corrected chi connectivity index (χ3v) is 5.03. The molecule has 0 aliphatic heterocycles. The zero-order chi connectivity index (χ0) is 13.0. The Bertz CT molecular complexity index is 349. The van der Waals surface area contributed by atoms with Crippen LogP contribution in [0.4, 0.5) is 0 Å². The molecule has 1 aromatic heterocycles. The second-order valence-corrected chi connectivity index (χ2v) is 6.73. The van der Waals surface area contributed by atoms with Gasteiger partial charge in [-0.15, -0.1) is 11.3 Å². The molecule has 0 aromatic carbocycles. The van der Waals surface area contributed by atoms with Gasteiger partial charge in [0.1, 0.15) is 0 Å². The summed E-state index contributed by atoms with van der Waals surface area (Å²) in [6, 6.07) is 3.00. The van der Waals surface area contributed by atoms with Crippen molar-refractivity contribution in [2.24, 2.45) is 0 Å². The van der Waals surface area contributed by atoms with Crippen molar-refractivity contribution in [2.75, 3.05) is 20.1 Å². The van der Waals surface area contributed by atoms with Gasteiger partial charge in [-0.1, -0.05) is 6.92 Å². The van der Waals surface area contributed by atoms with Crippen LogP contribution in [0.2, 0.25) is 0 Å². The van der Waals surface area contributed by atoms with E-state index in [1.807, 2.05) is 11.3 Å². The molecule has 1 aliphatic rings. The zero-order valence-corrected chi connectivity index (χ0v) is 12.8. The molecule has 1 N–H and O–H groups in total. The number of hydrogen-bond acceptors (Lipinski definition) is 3. The average Bonchev–Trinajstić information content (AvgIpc) is 2.79. The summed E-state index contributed by atoms with van der Waals surface area (Å²) >= 11 is 2.03. The van der Waals surface area contributed by atoms with Crippen molar-refractivity contribution < 1.29 is 0 Å². The Balaban J connectivity index is 1.81. The molecule has 0 bridgehead atoms. The van der Waals surface area contributed by atoms with Gasteiger partial charge in [-0.2, -0.15) is 0 Å². The SMILES string of the molecule is CCN(C)CC(C)NCc1cc2c(s1)CCCC2. The van der Waals surface area contributed by atoms with Crippen LogP contribution in [-0.4, -0.2) is 31.1 Å². The van der Waals surface area contributed by atoms with Gasteiger partial charge in [0.2, 0.25) is 0 Å². The minimum Gasteiger partial charge on any atom is -0.308 e. The van der Waals surface area contributed by atoms with E-state index < -0.39 is 0 Å². The van der Waals surface area contributed by atoms with E-state index in [9.17, 15) is 0 Å². The molecular formula is C15H26N2S. The van der Waals surface area contributed by atoms with Crippen molar-refractivity contribution in [3.05, 3.63) is 21.4 Å². The molecular weight excluding hydrogens is 240 g/mol. The van der Waals surface area contributed by atoms with Crippen molar-refractivity contribution in [1.29, 1.82) is 0 Å². The van der Waals surface area contributed by atoms with Crippen molar-refractivity contribution >= 4 is 11.3 Å². The summed E-state index contributed by atoms with van der Waals surface area (Å²) in [6.07, 6.45) is 5.39. The molecule has 0 saturated heterocycles. The largest absolute Gasteiger partial charge is 0.308 e. The Morgan fingerprint density at radius 3 is 2.89 bits per heavy atom. The van der Waals surface area contributed by atoms with Crippen LogP contribution in [0, 0.1) is 0 Å². The smallest absolute Gasteiger partial charge is 0.0302 e. The van der Waals surface area contributed by atoms with E-state index in [4.69, 9.17) is 0 Å². The highest BCUT2D eigenvalue weighted by Gasteiger charge is 2.13. The van der Waals surface area contributed by atoms with Gasteiger partial charge in [0.15, 0.2) is 0 Å². The van der Waals surface area contributed by atoms with E-state index in [0.717, 1.165) is 19.6 Å². The summed E-state index contributed by atoms with van der Waals surface area (Å²) in [5.41, 5.74) is 1.63. The van der Waals surface area contributed by atoms with E-state index in [1.54, 1.807) is 10.4 Å². The van der Waals surface area contributed by atoms with Crippen LogP contribution in [0.5, 0.6) is 0 Å². The number of likely N-dealkylation sites (N-methyl/N-ethyl adjacent to an activating group) is 1. The molecule has 0 amide bonds. The van der Waals surface area contributed by atoms with E-state index in [2.05, 4.69) is 37.2 Å². The fraction of sp³-hybridized carbons (Fsp3) is 0.733. The molecule has 0 saturated carbocycles. The zero-order valence-electron chi connectivity index (χ0n) is 12.0. The first-order valence-electron chi connectivity index (χ1n) is 7.21. The third kappa shape index (κ3) is 3.81. The van der Waals surface area contributed by atoms with Gasteiger partial charge in [0.05, 0.1) is 0 Å². The maximum Gasteiger partial charge on any atom is 0.0302 e. The van der Waals surface area contributed by atoms with Crippen LogP contribution >= 0.6 is 11.3 Å². The normalized spacial score (nSPS) is 16.9. The number of thiophene rings is 1. The van der Waals surface area contributed by atoms with Crippen LogP contribution < -0.4 is 5.32 Å². The highest BCUT2D eigenvalue weighted by Crippen LogP contribution is 2.29. The van der Waals surface area contributed by atoms with Gasteiger partial charge in [-0.3, -0.25) is 0 Å². The Morgan fingerprint density at radius 2 is 2.17 bits per heavy atom. The molecule has 0 spiro atoms. The van der Waals surface area contributed by atoms with Gasteiger partial charge in [0, 0.05) is 28.9 Å². The Hall–Kier alpha value is -0.380. The molecule has 1 unspecified atom stereocenters. The summed E-state index contributed by atoms with van der Waals surface area (Å²) in [5.74, 6) is 0. The molecule has 1 heterocycles. The molecule has 0 radical (unpaired) electrons. The highest BCUT2D eigenvalue weighted by molar-refractivity contribution is 7.12. The molecule has 1 aliphatic carbocycles. The first kappa shape index (κ1) is 14.0. The summed E-state index contributed by atoms with van der Waals surface area (Å²) in [4.78, 5) is 5.53. The molecule has 1 aromatic rings. The average molecular weight is 266 g/mol. The molecule has 1 atom stereocenters. The van der Waals surface area contributed by atoms with E-state index in [1.165, 1.54) is 30.6 Å². The van der Waals surface area contributed by atoms with Crippen molar-refractivity contribution in [1.82, 2.24) is 10.2 Å². The van der Waals surface area contributed by atoms with Crippen molar-refractivity contribution in [3.63, 3.8) is 0 Å². The Kier molecular flexibility index (Phi) is 5.22. The number of aryl methyl sites for hydroxylation is 2. The highest BCUT2D eigenvalue weighted by atomic mass is 32.1. The lowest BCUT2D eigenvalue weighted by Gasteiger charge is -2.20. The topological polar surface area (TPSA) is 15.3 Å². The van der Waals surface area contributed by atoms with Gasteiger partial charge >= 0.3 is 0 Å². The van der Waals surface area contributed by atoms with Crippen LogP contribution in [0.1, 0.15) is 42.0 Å². The van der Waals surface area contributed by atoms with Crippen molar-refractivity contribution in [2.45, 2.75) is 52.1 Å². The first-order valence-corrected chi connectivity index (χ1v) is 8.03. The number of nitrogens with zero attached hydrogens (tertiary/aromatic N) is 1. The second kappa shape index (κ2) is 6.69. The first-order chi connectivity index (χ1) is 8.69. The number of rotatable bonds is 6. The van der Waals surface area contributed by atoms with Crippen LogP contribution in [0.25, 0.3) is 0 Å². The molecule has 3 heteroatoms. The lowest BCUT2D eigenvalue weighted by Crippen LogP contribution is -2.36. The number of fused-ring (bicyclic) bond motifs is 1. The van der Waals surface area contributed by atoms with Gasteiger partial charge < -0.3 is 10.2 Å². The Labute approximate surface area is 115 Å². The van der Waals surface area contributed by atoms with Gasteiger partial charge in [-0.05, 0) is 57.8 Å². The molecule has 2 rings (SSSR count). The quantitative estimate of drug-likeness (QED) is 0.851. The summed E-state index contributed by atoms with van der Waals surface area (Å²) < 4.78 is 0. The van der Waals surface area contributed by atoms with E-state index in [-0.39, 0.29) is 0 Å². The Morgan fingerprint density at radius 1 is 1.39 bits per heavy atom. The second-order valence-electron chi connectivity index (χ2n) is 5.51. The molecule has 0 fully saturated rings. The van der Waals surface area contributed by atoms with Gasteiger partial charge in [-0.25, -0.2) is 0 Å². The lowest BCUT2D eigenvalue weighted by molar-refractivity contribution is 0.310. The van der Waals surface area contributed by atoms with Gasteiger partial charge in [0.25, 0.3) is 0 Å². The minimum atomic E-state index is 0.564. The van der Waals surface area contributed by atoms with E-state index >= 15 is 0 Å². The summed E-state index contributed by atoms with van der Waals surface area (Å²) in [5, 5.41) is 3.64. The van der Waals surface area contributed by atoms with Crippen LogP contribution in [0.3, 0.4) is 0 Å². The minimum absolute atomic E-state index is 0.564.